The highest BCUT2D eigenvalue weighted by Gasteiger charge is 2.26. The summed E-state index contributed by atoms with van der Waals surface area (Å²) in [5.74, 6) is 1.86. The molecule has 1 aromatic rings. The first-order valence-corrected chi connectivity index (χ1v) is 12.0. The van der Waals surface area contributed by atoms with Gasteiger partial charge < -0.3 is 16.0 Å². The van der Waals surface area contributed by atoms with Crippen LogP contribution in [0.2, 0.25) is 0 Å². The molecular weight excluding hydrogens is 384 g/mol. The molecule has 29 heavy (non-hydrogen) atoms. The van der Waals surface area contributed by atoms with Crippen molar-refractivity contribution in [1.29, 1.82) is 0 Å². The Hall–Kier alpha value is -1.89. The van der Waals surface area contributed by atoms with E-state index in [-0.39, 0.29) is 11.2 Å². The quantitative estimate of drug-likeness (QED) is 0.445. The molecule has 6 nitrogen and oxygen atoms in total. The summed E-state index contributed by atoms with van der Waals surface area (Å²) < 4.78 is 12.2. The first kappa shape index (κ1) is 23.4. The van der Waals surface area contributed by atoms with Crippen LogP contribution in [-0.4, -0.2) is 40.2 Å². The molecule has 0 bridgehead atoms. The Morgan fingerprint density at radius 3 is 2.79 bits per heavy atom. The lowest BCUT2D eigenvalue weighted by Crippen LogP contribution is -2.46. The molecule has 0 radical (unpaired) electrons. The number of benzene rings is 1. The largest absolute Gasteiger partial charge is 0.354 e. The van der Waals surface area contributed by atoms with Crippen LogP contribution in [0, 0.1) is 5.92 Å². The molecule has 1 fully saturated rings. The molecular formula is C22H36N4O2S. The highest BCUT2D eigenvalue weighted by atomic mass is 32.2. The van der Waals surface area contributed by atoms with Crippen LogP contribution in [0.5, 0.6) is 0 Å². The molecule has 1 saturated carbocycles. The summed E-state index contributed by atoms with van der Waals surface area (Å²) in [7, 11) is 1.04. The Morgan fingerprint density at radius 1 is 1.31 bits per heavy atom. The second kappa shape index (κ2) is 12.0. The number of nitrogens with one attached hydrogen (secondary N) is 3. The number of carbonyl (C=O) groups excluding carboxylic acids is 1. The molecule has 0 aliphatic heterocycles. The van der Waals surface area contributed by atoms with Crippen molar-refractivity contribution in [2.45, 2.75) is 70.7 Å². The molecule has 0 aromatic heterocycles. The second-order valence-electron chi connectivity index (χ2n) is 8.07. The van der Waals surface area contributed by atoms with Crippen LogP contribution in [0.15, 0.2) is 29.3 Å². The Bertz CT molecular complexity index is 721. The zero-order chi connectivity index (χ0) is 21.2. The van der Waals surface area contributed by atoms with Crippen LogP contribution in [0.4, 0.5) is 5.69 Å². The van der Waals surface area contributed by atoms with Gasteiger partial charge in [0.1, 0.15) is 0 Å². The van der Waals surface area contributed by atoms with Gasteiger partial charge in [0.15, 0.2) is 5.96 Å². The number of nitrogens with zero attached hydrogens (tertiary/aromatic N) is 1. The maximum Gasteiger partial charge on any atom is 0.224 e. The average molecular weight is 421 g/mol. The van der Waals surface area contributed by atoms with E-state index in [2.05, 4.69) is 20.9 Å². The molecule has 1 amide bonds. The fraction of sp³-hybridized carbons (Fsp3) is 0.636. The van der Waals surface area contributed by atoms with Crippen molar-refractivity contribution < 1.29 is 9.00 Å². The molecule has 162 valence electrons. The van der Waals surface area contributed by atoms with Gasteiger partial charge in [-0.25, -0.2) is 0 Å². The van der Waals surface area contributed by atoms with Gasteiger partial charge in [-0.2, -0.15) is 0 Å². The third kappa shape index (κ3) is 8.17. The molecule has 3 atom stereocenters. The van der Waals surface area contributed by atoms with E-state index in [1.807, 2.05) is 45.0 Å². The standard InChI is InChI=1S/C22H36N4O2S/c1-5-29(28)20-11-7-10-19(14-20)26-22(23-4)24-15-17-8-6-9-18(13-17)25-21(27)12-16(2)3/h6,8-9,13,16,19-20H,5,7,10-12,14-15H2,1-4H3,(H,25,27)(H2,23,24,26). The summed E-state index contributed by atoms with van der Waals surface area (Å²) >= 11 is 0. The first-order chi connectivity index (χ1) is 13.9. The second-order valence-corrected chi connectivity index (χ2v) is 10.1. The first-order valence-electron chi connectivity index (χ1n) is 10.6. The number of guanidine groups is 1. The van der Waals surface area contributed by atoms with E-state index < -0.39 is 10.8 Å². The van der Waals surface area contributed by atoms with Crippen molar-refractivity contribution in [3.05, 3.63) is 29.8 Å². The topological polar surface area (TPSA) is 82.6 Å². The van der Waals surface area contributed by atoms with Crippen molar-refractivity contribution in [1.82, 2.24) is 10.6 Å². The lowest BCUT2D eigenvalue weighted by molar-refractivity contribution is -0.116. The van der Waals surface area contributed by atoms with E-state index in [9.17, 15) is 9.00 Å². The highest BCUT2D eigenvalue weighted by molar-refractivity contribution is 7.85. The Morgan fingerprint density at radius 2 is 2.10 bits per heavy atom. The van der Waals surface area contributed by atoms with Gasteiger partial charge in [-0.1, -0.05) is 39.3 Å². The number of hydrogen-bond donors (Lipinski definition) is 3. The zero-order valence-electron chi connectivity index (χ0n) is 18.2. The summed E-state index contributed by atoms with van der Waals surface area (Å²) in [6.45, 7) is 6.68. The van der Waals surface area contributed by atoms with Gasteiger partial charge in [0.25, 0.3) is 0 Å². The maximum atomic E-state index is 12.2. The maximum absolute atomic E-state index is 12.2. The van der Waals surface area contributed by atoms with Gasteiger partial charge in [-0.15, -0.1) is 0 Å². The molecule has 0 heterocycles. The highest BCUT2D eigenvalue weighted by Crippen LogP contribution is 2.23. The summed E-state index contributed by atoms with van der Waals surface area (Å²) in [5, 5.41) is 10.1. The van der Waals surface area contributed by atoms with Crippen molar-refractivity contribution in [2.24, 2.45) is 10.9 Å². The van der Waals surface area contributed by atoms with E-state index in [0.717, 1.165) is 48.6 Å². The van der Waals surface area contributed by atoms with E-state index in [1.54, 1.807) is 7.05 Å². The van der Waals surface area contributed by atoms with Crippen LogP contribution < -0.4 is 16.0 Å². The molecule has 1 aromatic carbocycles. The molecule has 7 heteroatoms. The summed E-state index contributed by atoms with van der Waals surface area (Å²) in [4.78, 5) is 16.3. The number of hydrogen-bond acceptors (Lipinski definition) is 3. The predicted octanol–water partition coefficient (Wildman–Crippen LogP) is 3.42. The summed E-state index contributed by atoms with van der Waals surface area (Å²) in [6, 6.07) is 8.17. The Labute approximate surface area is 177 Å². The zero-order valence-corrected chi connectivity index (χ0v) is 19.0. The van der Waals surface area contributed by atoms with Crippen LogP contribution in [0.1, 0.15) is 58.4 Å². The predicted molar refractivity (Wildman–Crippen MR) is 123 cm³/mol. The summed E-state index contributed by atoms with van der Waals surface area (Å²) in [5.41, 5.74) is 1.89. The minimum absolute atomic E-state index is 0.0407. The lowest BCUT2D eigenvalue weighted by atomic mass is 9.95. The average Bonchev–Trinajstić information content (AvgIpc) is 2.70. The van der Waals surface area contributed by atoms with Gasteiger partial charge in [-0.3, -0.25) is 14.0 Å². The van der Waals surface area contributed by atoms with Crippen LogP contribution in [-0.2, 0) is 22.1 Å². The lowest BCUT2D eigenvalue weighted by Gasteiger charge is -2.30. The molecule has 0 saturated heterocycles. The number of rotatable bonds is 8. The third-order valence-electron chi connectivity index (χ3n) is 5.11. The van der Waals surface area contributed by atoms with E-state index in [0.29, 0.717) is 24.9 Å². The third-order valence-corrected chi connectivity index (χ3v) is 6.85. The van der Waals surface area contributed by atoms with E-state index >= 15 is 0 Å². The molecule has 0 spiro atoms. The minimum atomic E-state index is -0.731. The van der Waals surface area contributed by atoms with Crippen molar-refractivity contribution >= 4 is 28.4 Å². The SMILES string of the molecule is CCS(=O)C1CCCC(NC(=NC)NCc2cccc(NC(=O)CC(C)C)c2)C1. The van der Waals surface area contributed by atoms with Crippen molar-refractivity contribution in [2.75, 3.05) is 18.1 Å². The van der Waals surface area contributed by atoms with E-state index in [1.165, 1.54) is 0 Å². The number of aliphatic imine (C=N–C) groups is 1. The summed E-state index contributed by atoms with van der Waals surface area (Å²) in [6.07, 6.45) is 4.68. The van der Waals surface area contributed by atoms with Gasteiger partial charge in [0.05, 0.1) is 0 Å². The van der Waals surface area contributed by atoms with Crippen LogP contribution in [0.25, 0.3) is 0 Å². The van der Waals surface area contributed by atoms with Gasteiger partial charge in [0.2, 0.25) is 5.91 Å². The number of amides is 1. The Kier molecular flexibility index (Phi) is 9.64. The fourth-order valence-electron chi connectivity index (χ4n) is 3.67. The van der Waals surface area contributed by atoms with Gasteiger partial charge in [0, 0.05) is 53.5 Å². The molecule has 3 unspecified atom stereocenters. The molecule has 2 rings (SSSR count). The normalized spacial score (nSPS) is 20.9. The van der Waals surface area contributed by atoms with Crippen molar-refractivity contribution in [3.8, 4) is 0 Å². The fourth-order valence-corrected chi connectivity index (χ4v) is 5.01. The molecule has 1 aliphatic carbocycles. The van der Waals surface area contributed by atoms with Crippen LogP contribution in [0.3, 0.4) is 0 Å². The van der Waals surface area contributed by atoms with Gasteiger partial charge >= 0.3 is 0 Å². The van der Waals surface area contributed by atoms with Gasteiger partial charge in [-0.05, 0) is 42.9 Å². The number of anilines is 1. The van der Waals surface area contributed by atoms with E-state index in [4.69, 9.17) is 0 Å². The Balaban J connectivity index is 1.87. The molecule has 3 N–H and O–H groups in total. The molecule has 1 aliphatic rings. The van der Waals surface area contributed by atoms with Crippen molar-refractivity contribution in [3.63, 3.8) is 0 Å². The van der Waals surface area contributed by atoms with Crippen LogP contribution >= 0.6 is 0 Å². The minimum Gasteiger partial charge on any atom is -0.354 e. The monoisotopic (exact) mass is 420 g/mol. The number of carbonyl (C=O) groups is 1. The smallest absolute Gasteiger partial charge is 0.224 e.